The maximum absolute atomic E-state index is 5.49. The van der Waals surface area contributed by atoms with Crippen molar-refractivity contribution < 1.29 is 9.47 Å². The lowest BCUT2D eigenvalue weighted by Gasteiger charge is -2.08. The molecular weight excluding hydrogens is 342 g/mol. The van der Waals surface area contributed by atoms with Gasteiger partial charge in [0.2, 0.25) is 6.79 Å². The second-order valence-corrected chi connectivity index (χ2v) is 6.18. The Morgan fingerprint density at radius 3 is 2.89 bits per heavy atom. The van der Waals surface area contributed by atoms with Crippen LogP contribution in [0.5, 0.6) is 11.5 Å². The highest BCUT2D eigenvalue weighted by atomic mass is 16.7. The van der Waals surface area contributed by atoms with Gasteiger partial charge in [0.1, 0.15) is 0 Å². The second kappa shape index (κ2) is 6.60. The normalized spacial score (nSPS) is 12.4. The van der Waals surface area contributed by atoms with Gasteiger partial charge in [-0.1, -0.05) is 6.07 Å². The van der Waals surface area contributed by atoms with E-state index in [2.05, 4.69) is 20.3 Å². The molecule has 1 aromatic carbocycles. The molecule has 4 aromatic rings. The third kappa shape index (κ3) is 2.93. The van der Waals surface area contributed by atoms with Crippen LogP contribution in [0, 0.1) is 0 Å². The van der Waals surface area contributed by atoms with Crippen LogP contribution in [0.1, 0.15) is 5.69 Å². The van der Waals surface area contributed by atoms with E-state index in [0.717, 1.165) is 52.9 Å². The van der Waals surface area contributed by atoms with Gasteiger partial charge >= 0.3 is 0 Å². The van der Waals surface area contributed by atoms with Gasteiger partial charge in [-0.05, 0) is 30.3 Å². The number of rotatable bonds is 5. The molecular formula is C20H17N5O2. The molecule has 134 valence electrons. The van der Waals surface area contributed by atoms with Gasteiger partial charge in [0.05, 0.1) is 11.9 Å². The molecule has 0 amide bonds. The van der Waals surface area contributed by atoms with Crippen molar-refractivity contribution in [3.8, 4) is 22.8 Å². The summed E-state index contributed by atoms with van der Waals surface area (Å²) in [6.07, 6.45) is 8.15. The fourth-order valence-corrected chi connectivity index (χ4v) is 3.17. The van der Waals surface area contributed by atoms with E-state index in [1.165, 1.54) is 0 Å². The summed E-state index contributed by atoms with van der Waals surface area (Å²) in [6, 6.07) is 11.8. The zero-order valence-corrected chi connectivity index (χ0v) is 14.5. The van der Waals surface area contributed by atoms with Crippen LogP contribution in [-0.2, 0) is 6.42 Å². The van der Waals surface area contributed by atoms with Crippen LogP contribution in [0.25, 0.3) is 16.9 Å². The van der Waals surface area contributed by atoms with Crippen molar-refractivity contribution in [2.45, 2.75) is 6.42 Å². The first kappa shape index (κ1) is 15.6. The van der Waals surface area contributed by atoms with Crippen LogP contribution in [0.4, 0.5) is 5.82 Å². The molecule has 1 aliphatic rings. The molecule has 0 fully saturated rings. The molecule has 3 aromatic heterocycles. The smallest absolute Gasteiger partial charge is 0.231 e. The summed E-state index contributed by atoms with van der Waals surface area (Å²) >= 11 is 0. The number of nitrogens with one attached hydrogen (secondary N) is 1. The number of ether oxygens (including phenoxy) is 2. The highest BCUT2D eigenvalue weighted by Crippen LogP contribution is 2.36. The summed E-state index contributed by atoms with van der Waals surface area (Å²) < 4.78 is 12.9. The molecule has 5 rings (SSSR count). The van der Waals surface area contributed by atoms with Gasteiger partial charge < -0.3 is 14.8 Å². The first-order valence-electron chi connectivity index (χ1n) is 8.74. The van der Waals surface area contributed by atoms with Crippen molar-refractivity contribution in [3.63, 3.8) is 0 Å². The number of nitrogens with zero attached hydrogens (tertiary/aromatic N) is 4. The van der Waals surface area contributed by atoms with Crippen molar-refractivity contribution in [2.24, 2.45) is 0 Å². The Hall–Kier alpha value is -3.61. The Bertz CT molecular complexity index is 1090. The monoisotopic (exact) mass is 359 g/mol. The molecule has 7 heteroatoms. The quantitative estimate of drug-likeness (QED) is 0.590. The molecule has 0 bridgehead atoms. The highest BCUT2D eigenvalue weighted by molar-refractivity contribution is 5.72. The minimum absolute atomic E-state index is 0.264. The van der Waals surface area contributed by atoms with Crippen molar-refractivity contribution in [1.29, 1.82) is 0 Å². The number of hydrogen-bond acceptors (Lipinski definition) is 6. The SMILES string of the molecule is c1ccc(CCNc2nccn3c(-c4ccc5c(c4)OCO5)cnc23)nc1. The minimum Gasteiger partial charge on any atom is -0.454 e. The van der Waals surface area contributed by atoms with Gasteiger partial charge in [0.25, 0.3) is 0 Å². The standard InChI is InChI=1S/C20H17N5O2/c1-2-7-21-15(3-1)6-8-22-19-20-24-12-16(25(20)10-9-23-19)14-4-5-17-18(11-14)27-13-26-17/h1-5,7,9-12H,6,8,13H2,(H,22,23). The number of fused-ring (bicyclic) bond motifs is 2. The van der Waals surface area contributed by atoms with Crippen LogP contribution in [-0.4, -0.2) is 32.7 Å². The first-order chi connectivity index (χ1) is 13.4. The maximum Gasteiger partial charge on any atom is 0.231 e. The molecule has 0 spiro atoms. The van der Waals surface area contributed by atoms with Gasteiger partial charge in [0, 0.05) is 42.8 Å². The van der Waals surface area contributed by atoms with Crippen molar-refractivity contribution >= 4 is 11.5 Å². The van der Waals surface area contributed by atoms with Crippen molar-refractivity contribution in [2.75, 3.05) is 18.7 Å². The van der Waals surface area contributed by atoms with Crippen LogP contribution in [0.2, 0.25) is 0 Å². The molecule has 1 aliphatic heterocycles. The Kier molecular flexibility index (Phi) is 3.82. The Morgan fingerprint density at radius 1 is 1.00 bits per heavy atom. The Labute approximate surface area is 155 Å². The number of anilines is 1. The van der Waals surface area contributed by atoms with Crippen molar-refractivity contribution in [3.05, 3.63) is 66.9 Å². The van der Waals surface area contributed by atoms with E-state index in [0.29, 0.717) is 0 Å². The number of pyridine rings is 1. The number of imidazole rings is 1. The molecule has 0 unspecified atom stereocenters. The fourth-order valence-electron chi connectivity index (χ4n) is 3.17. The average Bonchev–Trinajstić information content (AvgIpc) is 3.35. The summed E-state index contributed by atoms with van der Waals surface area (Å²) in [5, 5.41) is 3.36. The van der Waals surface area contributed by atoms with Crippen molar-refractivity contribution in [1.82, 2.24) is 19.4 Å². The zero-order chi connectivity index (χ0) is 18.1. The predicted molar refractivity (Wildman–Crippen MR) is 101 cm³/mol. The average molecular weight is 359 g/mol. The molecule has 0 saturated heterocycles. The second-order valence-electron chi connectivity index (χ2n) is 6.18. The van der Waals surface area contributed by atoms with E-state index in [4.69, 9.17) is 9.47 Å². The first-order valence-corrected chi connectivity index (χ1v) is 8.74. The summed E-state index contributed by atoms with van der Waals surface area (Å²) in [5.41, 5.74) is 3.81. The summed E-state index contributed by atoms with van der Waals surface area (Å²) in [6.45, 7) is 0.996. The van der Waals surface area contributed by atoms with E-state index < -0.39 is 0 Å². The van der Waals surface area contributed by atoms with E-state index in [1.807, 2.05) is 53.2 Å². The molecule has 27 heavy (non-hydrogen) atoms. The van der Waals surface area contributed by atoms with Gasteiger partial charge in [-0.25, -0.2) is 9.97 Å². The summed E-state index contributed by atoms with van der Waals surface area (Å²) in [7, 11) is 0. The van der Waals surface area contributed by atoms with Gasteiger partial charge in [-0.3, -0.25) is 9.38 Å². The lowest BCUT2D eigenvalue weighted by atomic mass is 10.1. The van der Waals surface area contributed by atoms with Gasteiger partial charge in [0.15, 0.2) is 23.0 Å². The molecule has 0 atom stereocenters. The summed E-state index contributed by atoms with van der Waals surface area (Å²) in [4.78, 5) is 13.3. The highest BCUT2D eigenvalue weighted by Gasteiger charge is 2.16. The van der Waals surface area contributed by atoms with Crippen LogP contribution >= 0.6 is 0 Å². The maximum atomic E-state index is 5.49. The molecule has 0 aliphatic carbocycles. The number of benzene rings is 1. The molecule has 4 heterocycles. The zero-order valence-electron chi connectivity index (χ0n) is 14.5. The minimum atomic E-state index is 0.264. The van der Waals surface area contributed by atoms with Crippen LogP contribution in [0.15, 0.2) is 61.2 Å². The summed E-state index contributed by atoms with van der Waals surface area (Å²) in [5.74, 6) is 2.27. The molecule has 1 N–H and O–H groups in total. The third-order valence-corrected chi connectivity index (χ3v) is 4.50. The van der Waals surface area contributed by atoms with Crippen LogP contribution in [0.3, 0.4) is 0 Å². The predicted octanol–water partition coefficient (Wildman–Crippen LogP) is 3.17. The van der Waals surface area contributed by atoms with E-state index in [1.54, 1.807) is 12.4 Å². The lowest BCUT2D eigenvalue weighted by molar-refractivity contribution is 0.174. The van der Waals surface area contributed by atoms with E-state index >= 15 is 0 Å². The Balaban J connectivity index is 1.41. The van der Waals surface area contributed by atoms with Gasteiger partial charge in [-0.2, -0.15) is 0 Å². The van der Waals surface area contributed by atoms with Crippen LogP contribution < -0.4 is 14.8 Å². The lowest BCUT2D eigenvalue weighted by Crippen LogP contribution is -2.08. The molecule has 7 nitrogen and oxygen atoms in total. The largest absolute Gasteiger partial charge is 0.454 e. The number of aromatic nitrogens is 4. The van der Waals surface area contributed by atoms with E-state index in [9.17, 15) is 0 Å². The molecule has 0 saturated carbocycles. The van der Waals surface area contributed by atoms with E-state index in [-0.39, 0.29) is 6.79 Å². The Morgan fingerprint density at radius 2 is 1.96 bits per heavy atom. The molecule has 0 radical (unpaired) electrons. The van der Waals surface area contributed by atoms with Gasteiger partial charge in [-0.15, -0.1) is 0 Å². The number of hydrogen-bond donors (Lipinski definition) is 1. The third-order valence-electron chi connectivity index (χ3n) is 4.50. The topological polar surface area (TPSA) is 73.6 Å². The fraction of sp³-hybridized carbons (Fsp3) is 0.150.